The van der Waals surface area contributed by atoms with Gasteiger partial charge in [-0.05, 0) is 30.4 Å². The lowest BCUT2D eigenvalue weighted by Crippen LogP contribution is -2.44. The number of rotatable bonds is 6. The van der Waals surface area contributed by atoms with Gasteiger partial charge < -0.3 is 14.5 Å². The molecule has 1 saturated heterocycles. The zero-order chi connectivity index (χ0) is 20.0. The Labute approximate surface area is 165 Å². The van der Waals surface area contributed by atoms with Crippen molar-refractivity contribution in [2.75, 3.05) is 39.5 Å². The lowest BCUT2D eigenvalue weighted by Gasteiger charge is -2.34. The maximum absolute atomic E-state index is 12.5. The van der Waals surface area contributed by atoms with Crippen LogP contribution in [0.3, 0.4) is 0 Å². The number of amides is 2. The average Bonchev–Trinajstić information content (AvgIpc) is 2.63. The fourth-order valence-corrected chi connectivity index (χ4v) is 4.21. The number of carbonyl (C=O) groups is 3. The summed E-state index contributed by atoms with van der Waals surface area (Å²) < 4.78 is 5.27. The molecule has 0 aromatic heterocycles. The number of hydrogen-bond donors (Lipinski definition) is 0. The zero-order valence-electron chi connectivity index (χ0n) is 16.4. The van der Waals surface area contributed by atoms with Crippen LogP contribution in [0.15, 0.2) is 29.2 Å². The molecule has 0 aliphatic carbocycles. The van der Waals surface area contributed by atoms with Gasteiger partial charge in [0.25, 0.3) is 5.91 Å². The van der Waals surface area contributed by atoms with Crippen molar-refractivity contribution in [3.8, 4) is 0 Å². The molecule has 7 heteroatoms. The van der Waals surface area contributed by atoms with Gasteiger partial charge in [0, 0.05) is 32.1 Å². The molecule has 1 aromatic carbocycles. The number of esters is 1. The van der Waals surface area contributed by atoms with Gasteiger partial charge in [0.2, 0.25) is 5.91 Å². The summed E-state index contributed by atoms with van der Waals surface area (Å²) in [7, 11) is 3.38. The van der Waals surface area contributed by atoms with Crippen molar-refractivity contribution in [3.05, 3.63) is 29.8 Å². The maximum atomic E-state index is 12.5. The van der Waals surface area contributed by atoms with Gasteiger partial charge in [-0.3, -0.25) is 9.59 Å². The molecule has 1 aliphatic heterocycles. The van der Waals surface area contributed by atoms with Crippen LogP contribution in [0.25, 0.3) is 0 Å². The number of carbonyl (C=O) groups excluding carboxylic acids is 3. The van der Waals surface area contributed by atoms with Crippen LogP contribution in [-0.4, -0.2) is 67.1 Å². The van der Waals surface area contributed by atoms with Crippen LogP contribution in [0.2, 0.25) is 0 Å². The van der Waals surface area contributed by atoms with Crippen molar-refractivity contribution in [1.29, 1.82) is 0 Å². The fraction of sp³-hybridized carbons (Fsp3) is 0.550. The Morgan fingerprint density at radius 1 is 1.15 bits per heavy atom. The topological polar surface area (TPSA) is 66.9 Å². The lowest BCUT2D eigenvalue weighted by molar-refractivity contribution is -0.137. The predicted molar refractivity (Wildman–Crippen MR) is 106 cm³/mol. The molecule has 0 unspecified atom stereocenters. The summed E-state index contributed by atoms with van der Waals surface area (Å²) in [5.74, 6) is 0.419. The van der Waals surface area contributed by atoms with Crippen molar-refractivity contribution in [3.63, 3.8) is 0 Å². The van der Waals surface area contributed by atoms with Crippen molar-refractivity contribution >= 4 is 29.5 Å². The van der Waals surface area contributed by atoms with Crippen LogP contribution >= 0.6 is 11.8 Å². The van der Waals surface area contributed by atoms with E-state index in [2.05, 4.69) is 13.8 Å². The van der Waals surface area contributed by atoms with Crippen molar-refractivity contribution < 1.29 is 19.1 Å². The van der Waals surface area contributed by atoms with Crippen molar-refractivity contribution in [2.24, 2.45) is 11.8 Å². The molecule has 2 amide bonds. The van der Waals surface area contributed by atoms with Crippen molar-refractivity contribution in [1.82, 2.24) is 9.80 Å². The largest absolute Gasteiger partial charge is 0.452 e. The standard InChI is InChI=1S/C20H28N2O4S/c1-14-9-15(2)11-22(10-14)18(23)12-26-20(25)16-7-5-6-8-17(16)27-13-19(24)21(3)4/h5-8,14-15H,9-13H2,1-4H3/t14-,15+. The number of thioether (sulfide) groups is 1. The third kappa shape index (κ3) is 6.27. The second kappa shape index (κ2) is 9.78. The van der Waals surface area contributed by atoms with E-state index in [4.69, 9.17) is 4.74 Å². The van der Waals surface area contributed by atoms with Crippen LogP contribution in [0.4, 0.5) is 0 Å². The van der Waals surface area contributed by atoms with Gasteiger partial charge >= 0.3 is 5.97 Å². The highest BCUT2D eigenvalue weighted by Crippen LogP contribution is 2.24. The molecule has 0 N–H and O–H groups in total. The molecule has 2 atom stereocenters. The summed E-state index contributed by atoms with van der Waals surface area (Å²) in [6.45, 7) is 5.42. The molecule has 0 bridgehead atoms. The van der Waals surface area contributed by atoms with E-state index in [1.807, 2.05) is 0 Å². The minimum Gasteiger partial charge on any atom is -0.452 e. The average molecular weight is 393 g/mol. The quantitative estimate of drug-likeness (QED) is 0.550. The Balaban J connectivity index is 1.94. The first-order valence-electron chi connectivity index (χ1n) is 9.14. The van der Waals surface area contributed by atoms with Gasteiger partial charge in [-0.1, -0.05) is 26.0 Å². The van der Waals surface area contributed by atoms with Crippen LogP contribution in [0.5, 0.6) is 0 Å². The van der Waals surface area contributed by atoms with Gasteiger partial charge in [0.1, 0.15) is 0 Å². The van der Waals surface area contributed by atoms with Crippen LogP contribution < -0.4 is 0 Å². The Bertz CT molecular complexity index is 682. The van der Waals surface area contributed by atoms with E-state index in [1.54, 1.807) is 43.3 Å². The summed E-state index contributed by atoms with van der Waals surface area (Å²) in [4.78, 5) is 40.6. The highest BCUT2D eigenvalue weighted by atomic mass is 32.2. The molecule has 27 heavy (non-hydrogen) atoms. The fourth-order valence-electron chi connectivity index (χ4n) is 3.19. The first-order chi connectivity index (χ1) is 12.8. The molecular weight excluding hydrogens is 364 g/mol. The predicted octanol–water partition coefficient (Wildman–Crippen LogP) is 2.53. The molecule has 1 fully saturated rings. The van der Waals surface area contributed by atoms with Gasteiger partial charge in [-0.25, -0.2) is 4.79 Å². The van der Waals surface area contributed by atoms with E-state index in [9.17, 15) is 14.4 Å². The van der Waals surface area contributed by atoms with E-state index in [-0.39, 0.29) is 24.2 Å². The molecule has 1 aromatic rings. The molecule has 0 spiro atoms. The summed E-state index contributed by atoms with van der Waals surface area (Å²) >= 11 is 1.29. The molecule has 1 heterocycles. The van der Waals surface area contributed by atoms with Crippen molar-refractivity contribution in [2.45, 2.75) is 25.2 Å². The highest BCUT2D eigenvalue weighted by Gasteiger charge is 2.26. The smallest absolute Gasteiger partial charge is 0.339 e. The van der Waals surface area contributed by atoms with E-state index >= 15 is 0 Å². The molecular formula is C20H28N2O4S. The van der Waals surface area contributed by atoms with Gasteiger partial charge in [-0.15, -0.1) is 11.8 Å². The van der Waals surface area contributed by atoms with Crippen LogP contribution in [0, 0.1) is 11.8 Å². The summed E-state index contributed by atoms with van der Waals surface area (Å²) in [5, 5.41) is 0. The lowest BCUT2D eigenvalue weighted by atomic mass is 9.92. The third-order valence-corrected chi connectivity index (χ3v) is 5.56. The second-order valence-corrected chi connectivity index (χ2v) is 8.41. The van der Waals surface area contributed by atoms with Crippen LogP contribution in [0.1, 0.15) is 30.6 Å². The van der Waals surface area contributed by atoms with Crippen LogP contribution in [-0.2, 0) is 14.3 Å². The van der Waals surface area contributed by atoms with Gasteiger partial charge in [0.15, 0.2) is 6.61 Å². The number of nitrogens with zero attached hydrogens (tertiary/aromatic N) is 2. The summed E-state index contributed by atoms with van der Waals surface area (Å²) in [6, 6.07) is 6.98. The Morgan fingerprint density at radius 3 is 2.41 bits per heavy atom. The SMILES string of the molecule is C[C@@H]1C[C@H](C)CN(C(=O)COC(=O)c2ccccc2SCC(=O)N(C)C)C1. The van der Waals surface area contributed by atoms with Gasteiger partial charge in [0.05, 0.1) is 11.3 Å². The van der Waals surface area contributed by atoms with Gasteiger partial charge in [-0.2, -0.15) is 0 Å². The zero-order valence-corrected chi connectivity index (χ0v) is 17.3. The third-order valence-electron chi connectivity index (χ3n) is 4.51. The molecule has 148 valence electrons. The van der Waals surface area contributed by atoms with E-state index in [0.29, 0.717) is 35.4 Å². The summed E-state index contributed by atoms with van der Waals surface area (Å²) in [6.07, 6.45) is 1.11. The normalized spacial score (nSPS) is 19.5. The molecule has 0 radical (unpaired) electrons. The number of likely N-dealkylation sites (tertiary alicyclic amines) is 1. The van der Waals surface area contributed by atoms with E-state index in [0.717, 1.165) is 6.42 Å². The number of piperidine rings is 1. The summed E-state index contributed by atoms with van der Waals surface area (Å²) in [5.41, 5.74) is 0.377. The number of hydrogen-bond acceptors (Lipinski definition) is 5. The Hall–Kier alpha value is -2.02. The van der Waals surface area contributed by atoms with E-state index in [1.165, 1.54) is 16.7 Å². The molecule has 1 aliphatic rings. The Kier molecular flexibility index (Phi) is 7.71. The number of ether oxygens (including phenoxy) is 1. The minimum absolute atomic E-state index is 0.0355. The minimum atomic E-state index is -0.540. The molecule has 0 saturated carbocycles. The highest BCUT2D eigenvalue weighted by molar-refractivity contribution is 8.00. The number of benzene rings is 1. The maximum Gasteiger partial charge on any atom is 0.339 e. The monoisotopic (exact) mass is 392 g/mol. The molecule has 2 rings (SSSR count). The first-order valence-corrected chi connectivity index (χ1v) is 10.1. The molecule has 6 nitrogen and oxygen atoms in total. The van der Waals surface area contributed by atoms with E-state index < -0.39 is 5.97 Å². The Morgan fingerprint density at radius 2 is 1.78 bits per heavy atom. The second-order valence-electron chi connectivity index (χ2n) is 7.39. The first kappa shape index (κ1) is 21.3.